The molecular formula is C26H34N4O4S2. The average Bonchev–Trinajstić information content (AvgIpc) is 3.08. The molecule has 1 fully saturated rings. The topological polar surface area (TPSA) is 83.0 Å². The fourth-order valence-electron chi connectivity index (χ4n) is 4.32. The van der Waals surface area contributed by atoms with E-state index in [4.69, 9.17) is 9.72 Å². The maximum absolute atomic E-state index is 13.6. The number of carbonyl (C=O) groups excluding carboxylic acids is 1. The van der Waals surface area contributed by atoms with Crippen molar-refractivity contribution in [3.05, 3.63) is 48.0 Å². The van der Waals surface area contributed by atoms with E-state index in [-0.39, 0.29) is 10.8 Å². The zero-order valence-corrected chi connectivity index (χ0v) is 22.8. The summed E-state index contributed by atoms with van der Waals surface area (Å²) in [6, 6.07) is 12.0. The number of hydrogen-bond acceptors (Lipinski definition) is 7. The molecule has 1 aromatic heterocycles. The fourth-order valence-corrected chi connectivity index (χ4v) is 6.81. The van der Waals surface area contributed by atoms with Gasteiger partial charge in [-0.1, -0.05) is 24.2 Å². The van der Waals surface area contributed by atoms with E-state index in [1.165, 1.54) is 11.3 Å². The average molecular weight is 531 g/mol. The van der Waals surface area contributed by atoms with Crippen molar-refractivity contribution in [3.8, 4) is 5.75 Å². The third-order valence-electron chi connectivity index (χ3n) is 6.35. The van der Waals surface area contributed by atoms with Crippen LogP contribution >= 0.6 is 11.3 Å². The number of sulfonamides is 1. The summed E-state index contributed by atoms with van der Waals surface area (Å²) in [6.45, 7) is 2.42. The molecule has 2 aromatic carbocycles. The SMILES string of the molecule is COc1ccc2sc(N(CCCN(C)C)C(=O)c3ccc(S(=O)(=O)N4CCCCCC4)cc3)nc2c1. The molecule has 36 heavy (non-hydrogen) atoms. The van der Waals surface area contributed by atoms with Gasteiger partial charge in [0, 0.05) is 31.3 Å². The van der Waals surface area contributed by atoms with E-state index in [0.29, 0.717) is 36.1 Å². The van der Waals surface area contributed by atoms with E-state index in [1.54, 1.807) is 40.6 Å². The first kappa shape index (κ1) is 26.5. The highest BCUT2D eigenvalue weighted by Gasteiger charge is 2.26. The van der Waals surface area contributed by atoms with Crippen molar-refractivity contribution in [1.29, 1.82) is 0 Å². The normalized spacial score (nSPS) is 15.2. The summed E-state index contributed by atoms with van der Waals surface area (Å²) < 4.78 is 34.1. The summed E-state index contributed by atoms with van der Waals surface area (Å²) in [5.41, 5.74) is 1.21. The van der Waals surface area contributed by atoms with Gasteiger partial charge in [0.25, 0.3) is 5.91 Å². The van der Waals surface area contributed by atoms with Crippen LogP contribution in [0.4, 0.5) is 5.13 Å². The van der Waals surface area contributed by atoms with Crippen LogP contribution in [0.2, 0.25) is 0 Å². The number of hydrogen-bond donors (Lipinski definition) is 0. The number of aromatic nitrogens is 1. The van der Waals surface area contributed by atoms with Gasteiger partial charge in [-0.3, -0.25) is 9.69 Å². The zero-order valence-electron chi connectivity index (χ0n) is 21.1. The van der Waals surface area contributed by atoms with Crippen LogP contribution in [0.1, 0.15) is 42.5 Å². The second-order valence-corrected chi connectivity index (χ2v) is 12.2. The lowest BCUT2D eigenvalue weighted by Crippen LogP contribution is -2.34. The first-order valence-electron chi connectivity index (χ1n) is 12.3. The molecule has 0 spiro atoms. The lowest BCUT2D eigenvalue weighted by molar-refractivity contribution is 0.0986. The summed E-state index contributed by atoms with van der Waals surface area (Å²) >= 11 is 1.46. The molecule has 0 saturated carbocycles. The number of rotatable bonds is 9. The minimum Gasteiger partial charge on any atom is -0.497 e. The number of fused-ring (bicyclic) bond motifs is 1. The standard InChI is InChI=1S/C26H34N4O4S2/c1-28(2)15-8-18-30(26-27-23-19-21(34-3)11-14-24(23)35-26)25(31)20-9-12-22(13-10-20)36(32,33)29-16-6-4-5-7-17-29/h9-14,19H,4-8,15-18H2,1-3H3. The van der Waals surface area contributed by atoms with Crippen LogP contribution in [0.3, 0.4) is 0 Å². The Hall–Kier alpha value is -2.53. The van der Waals surface area contributed by atoms with Crippen molar-refractivity contribution >= 4 is 42.6 Å². The summed E-state index contributed by atoms with van der Waals surface area (Å²) in [7, 11) is 2.05. The monoisotopic (exact) mass is 530 g/mol. The van der Waals surface area contributed by atoms with Gasteiger partial charge in [-0.25, -0.2) is 13.4 Å². The van der Waals surface area contributed by atoms with Crippen LogP contribution in [0.25, 0.3) is 10.2 Å². The molecule has 0 unspecified atom stereocenters. The van der Waals surface area contributed by atoms with E-state index in [2.05, 4.69) is 4.90 Å². The molecule has 0 atom stereocenters. The zero-order chi connectivity index (χ0) is 25.7. The predicted octanol–water partition coefficient (Wildman–Crippen LogP) is 4.47. The minimum atomic E-state index is -3.57. The Kier molecular flexibility index (Phi) is 8.61. The lowest BCUT2D eigenvalue weighted by Gasteiger charge is -2.22. The number of methoxy groups -OCH3 is 1. The second-order valence-electron chi connectivity index (χ2n) is 9.29. The molecule has 0 radical (unpaired) electrons. The number of carbonyl (C=O) groups is 1. The molecule has 1 aliphatic heterocycles. The Bertz CT molecular complexity index is 1280. The molecule has 0 bridgehead atoms. The Labute approximate surface area is 217 Å². The molecule has 3 aromatic rings. The summed E-state index contributed by atoms with van der Waals surface area (Å²) in [4.78, 5) is 22.3. The minimum absolute atomic E-state index is 0.196. The molecule has 0 N–H and O–H groups in total. The van der Waals surface area contributed by atoms with Crippen LogP contribution in [0.15, 0.2) is 47.4 Å². The summed E-state index contributed by atoms with van der Waals surface area (Å²) in [5.74, 6) is 0.518. The van der Waals surface area contributed by atoms with Gasteiger partial charge in [-0.2, -0.15) is 4.31 Å². The highest BCUT2D eigenvalue weighted by Crippen LogP contribution is 2.32. The van der Waals surface area contributed by atoms with Crippen LogP contribution in [0.5, 0.6) is 5.75 Å². The predicted molar refractivity (Wildman–Crippen MR) is 145 cm³/mol. The molecule has 10 heteroatoms. The molecule has 2 heterocycles. The van der Waals surface area contributed by atoms with Gasteiger partial charge in [0.2, 0.25) is 10.0 Å². The Morgan fingerprint density at radius 2 is 1.72 bits per heavy atom. The highest BCUT2D eigenvalue weighted by molar-refractivity contribution is 7.89. The molecule has 0 aliphatic carbocycles. The molecule has 1 amide bonds. The van der Waals surface area contributed by atoms with Crippen LogP contribution < -0.4 is 9.64 Å². The second kappa shape index (κ2) is 11.7. The third kappa shape index (κ3) is 6.05. The smallest absolute Gasteiger partial charge is 0.260 e. The molecule has 194 valence electrons. The van der Waals surface area contributed by atoms with E-state index < -0.39 is 10.0 Å². The van der Waals surface area contributed by atoms with Gasteiger partial charge in [-0.15, -0.1) is 0 Å². The Morgan fingerprint density at radius 3 is 2.36 bits per heavy atom. The largest absolute Gasteiger partial charge is 0.497 e. The molecule has 4 rings (SSSR count). The number of nitrogens with zero attached hydrogens (tertiary/aromatic N) is 4. The summed E-state index contributed by atoms with van der Waals surface area (Å²) in [5, 5.41) is 0.614. The maximum Gasteiger partial charge on any atom is 0.260 e. The van der Waals surface area contributed by atoms with E-state index in [9.17, 15) is 13.2 Å². The van der Waals surface area contributed by atoms with Gasteiger partial charge in [0.05, 0.1) is 22.2 Å². The van der Waals surface area contributed by atoms with Crippen LogP contribution in [-0.4, -0.2) is 75.9 Å². The van der Waals surface area contributed by atoms with E-state index >= 15 is 0 Å². The highest BCUT2D eigenvalue weighted by atomic mass is 32.2. The lowest BCUT2D eigenvalue weighted by atomic mass is 10.2. The van der Waals surface area contributed by atoms with E-state index in [1.807, 2.05) is 32.3 Å². The summed E-state index contributed by atoms with van der Waals surface area (Å²) in [6.07, 6.45) is 4.65. The number of thiazole rings is 1. The quantitative estimate of drug-likeness (QED) is 0.406. The molecule has 1 aliphatic rings. The molecule has 1 saturated heterocycles. The third-order valence-corrected chi connectivity index (χ3v) is 9.32. The van der Waals surface area contributed by atoms with Gasteiger partial charge in [-0.05, 0) is 76.3 Å². The fraction of sp³-hybridized carbons (Fsp3) is 0.462. The Morgan fingerprint density at radius 1 is 1.03 bits per heavy atom. The molecular weight excluding hydrogens is 496 g/mol. The van der Waals surface area contributed by atoms with E-state index in [0.717, 1.165) is 48.9 Å². The van der Waals surface area contributed by atoms with Gasteiger partial charge >= 0.3 is 0 Å². The van der Waals surface area contributed by atoms with Crippen LogP contribution in [-0.2, 0) is 10.0 Å². The van der Waals surface area contributed by atoms with Gasteiger partial charge in [0.1, 0.15) is 5.75 Å². The van der Waals surface area contributed by atoms with Gasteiger partial charge < -0.3 is 9.64 Å². The van der Waals surface area contributed by atoms with Crippen LogP contribution in [0, 0.1) is 0 Å². The number of amides is 1. The van der Waals surface area contributed by atoms with Crippen molar-refractivity contribution in [1.82, 2.24) is 14.2 Å². The first-order chi connectivity index (χ1) is 17.3. The number of ether oxygens (including phenoxy) is 1. The number of anilines is 1. The van der Waals surface area contributed by atoms with Crippen molar-refractivity contribution in [3.63, 3.8) is 0 Å². The number of benzene rings is 2. The van der Waals surface area contributed by atoms with Crippen molar-refractivity contribution in [2.45, 2.75) is 37.0 Å². The van der Waals surface area contributed by atoms with Crippen molar-refractivity contribution < 1.29 is 17.9 Å². The van der Waals surface area contributed by atoms with Crippen molar-refractivity contribution in [2.24, 2.45) is 0 Å². The molecule has 8 nitrogen and oxygen atoms in total. The van der Waals surface area contributed by atoms with Gasteiger partial charge in [0.15, 0.2) is 5.13 Å². The first-order valence-corrected chi connectivity index (χ1v) is 14.6. The van der Waals surface area contributed by atoms with Crippen molar-refractivity contribution in [2.75, 3.05) is 52.3 Å². The Balaban J connectivity index is 1.59. The maximum atomic E-state index is 13.6.